The van der Waals surface area contributed by atoms with Gasteiger partial charge in [-0.2, -0.15) is 0 Å². The Morgan fingerprint density at radius 1 is 0.912 bits per heavy atom. The first-order valence-corrected chi connectivity index (χ1v) is 29.5. The molecule has 4 fully saturated rings. The molecule has 0 aromatic heterocycles. The van der Waals surface area contributed by atoms with E-state index in [2.05, 4.69) is 4.90 Å². The van der Waals surface area contributed by atoms with Crippen molar-refractivity contribution in [3.63, 3.8) is 0 Å². The normalized spacial score (nSPS) is 34.5. The lowest BCUT2D eigenvalue weighted by atomic mass is 9.78. The predicted molar refractivity (Wildman–Crippen MR) is 303 cm³/mol. The first-order valence-electron chi connectivity index (χ1n) is 29.5. The molecule has 80 heavy (non-hydrogen) atoms. The Labute approximate surface area is 475 Å². The molecule has 1 unspecified atom stereocenters. The molecule has 4 aliphatic heterocycles. The van der Waals surface area contributed by atoms with Crippen LogP contribution in [0.15, 0.2) is 77.9 Å². The highest BCUT2D eigenvalue weighted by Gasteiger charge is 2.53. The van der Waals surface area contributed by atoms with Crippen molar-refractivity contribution in [2.75, 3.05) is 61.1 Å². The van der Waals surface area contributed by atoms with E-state index in [1.165, 1.54) is 4.90 Å². The maximum atomic E-state index is 14.7. The topological polar surface area (TPSA) is 208 Å². The quantitative estimate of drug-likeness (QED) is 0.109. The van der Waals surface area contributed by atoms with Gasteiger partial charge < -0.3 is 53.3 Å². The molecule has 1 aliphatic carbocycles. The van der Waals surface area contributed by atoms with E-state index in [0.29, 0.717) is 95.8 Å². The number of carbonyl (C=O) groups is 6. The van der Waals surface area contributed by atoms with Gasteiger partial charge in [-0.15, -0.1) is 0 Å². The summed E-state index contributed by atoms with van der Waals surface area (Å²) in [5.74, 6) is -8.17. The third-order valence-corrected chi connectivity index (χ3v) is 17.2. The average molecular weight is 1120 g/mol. The van der Waals surface area contributed by atoms with E-state index in [0.717, 1.165) is 24.1 Å². The van der Waals surface area contributed by atoms with Gasteiger partial charge in [0.15, 0.2) is 5.78 Å². The first kappa shape index (κ1) is 64.3. The molecule has 444 valence electrons. The number of hydrogen-bond donors (Lipinski definition) is 2. The molecule has 5 aliphatic rings. The number of ether oxygens (including phenoxy) is 6. The van der Waals surface area contributed by atoms with E-state index in [4.69, 9.17) is 28.4 Å². The van der Waals surface area contributed by atoms with E-state index in [-0.39, 0.29) is 49.4 Å². The summed E-state index contributed by atoms with van der Waals surface area (Å²) in [4.78, 5) is 89.8. The van der Waals surface area contributed by atoms with Crippen molar-refractivity contribution in [3.8, 4) is 0 Å². The zero-order valence-electron chi connectivity index (χ0n) is 49.1. The van der Waals surface area contributed by atoms with Gasteiger partial charge in [0.05, 0.1) is 31.5 Å². The molecule has 4 bridgehead atoms. The van der Waals surface area contributed by atoms with Crippen LogP contribution < -0.4 is 0 Å². The summed E-state index contributed by atoms with van der Waals surface area (Å²) in [6.07, 6.45) is 12.8. The lowest BCUT2D eigenvalue weighted by Crippen LogP contribution is -2.61. The molecule has 17 heteroatoms. The van der Waals surface area contributed by atoms with Crippen LogP contribution >= 0.6 is 0 Å². The summed E-state index contributed by atoms with van der Waals surface area (Å²) in [6.45, 7) is 10.9. The Morgan fingerprint density at radius 3 is 2.41 bits per heavy atom. The molecular weight excluding hydrogens is 1020 g/mol. The van der Waals surface area contributed by atoms with Gasteiger partial charge >= 0.3 is 12.1 Å². The molecule has 4 heterocycles. The lowest BCUT2D eigenvalue weighted by molar-refractivity contribution is -0.266. The second kappa shape index (κ2) is 31.0. The molecule has 2 N–H and O–H groups in total. The van der Waals surface area contributed by atoms with Gasteiger partial charge in [0.25, 0.3) is 11.7 Å². The predicted octanol–water partition coefficient (Wildman–Crippen LogP) is 7.94. The van der Waals surface area contributed by atoms with Gasteiger partial charge in [0.1, 0.15) is 36.2 Å². The number of allylic oxidation sites excluding steroid dienone is 6. The molecular formula is C63H93N3O14. The van der Waals surface area contributed by atoms with E-state index < -0.39 is 96.1 Å². The lowest BCUT2D eigenvalue weighted by Gasteiger charge is -2.43. The highest BCUT2D eigenvalue weighted by atomic mass is 16.6. The molecule has 2 amide bonds. The summed E-state index contributed by atoms with van der Waals surface area (Å²) in [5, 5.41) is 23.7. The van der Waals surface area contributed by atoms with Crippen LogP contribution in [0.2, 0.25) is 0 Å². The summed E-state index contributed by atoms with van der Waals surface area (Å²) in [6, 6.07) is 8.81. The number of aliphatic hydroxyl groups is 2. The fourth-order valence-corrected chi connectivity index (χ4v) is 11.8. The number of cyclic esters (lactones) is 1. The SMILES string of the molecule is CO[C@@H]1C[C@H](C[C@@H](C)[C@@H]2CC(=O)[C@H](C)/C=C3\CO[C@@H](C(=O)[C@H](C)CC/C=C/C=C/C=C(\C)C(OCCc4ccccc4)C[C@@H]4CC[C@@H](C)[C@@](O)(O4)C(=O)C(=O)N4CCCC[C@H]4C(=O)O2)[C@@H]3O)CC[C@H]1OC(=O)N(C)CCCN(C)C. The highest BCUT2D eigenvalue weighted by Crippen LogP contribution is 2.38. The smallest absolute Gasteiger partial charge is 0.409 e. The number of amides is 2. The van der Waals surface area contributed by atoms with Crippen LogP contribution in [-0.2, 0) is 58.8 Å². The first-order chi connectivity index (χ1) is 38.2. The molecule has 17 nitrogen and oxygen atoms in total. The van der Waals surface area contributed by atoms with Crippen molar-refractivity contribution in [2.45, 2.75) is 185 Å². The third kappa shape index (κ3) is 17.8. The number of rotatable bonds is 13. The van der Waals surface area contributed by atoms with Crippen LogP contribution in [0, 0.1) is 29.6 Å². The summed E-state index contributed by atoms with van der Waals surface area (Å²) >= 11 is 0. The van der Waals surface area contributed by atoms with Crippen LogP contribution in [0.5, 0.6) is 0 Å². The van der Waals surface area contributed by atoms with Gasteiger partial charge in [-0.1, -0.05) is 94.5 Å². The highest BCUT2D eigenvalue weighted by molar-refractivity contribution is 6.39. The molecule has 0 spiro atoms. The molecule has 14 atom stereocenters. The second-order valence-corrected chi connectivity index (χ2v) is 23.7. The fourth-order valence-electron chi connectivity index (χ4n) is 11.8. The molecule has 0 radical (unpaired) electrons. The van der Waals surface area contributed by atoms with Crippen LogP contribution in [-0.4, -0.2) is 176 Å². The second-order valence-electron chi connectivity index (χ2n) is 23.7. The number of esters is 1. The summed E-state index contributed by atoms with van der Waals surface area (Å²) < 4.78 is 37.0. The molecule has 1 saturated carbocycles. The number of ketones is 3. The number of aliphatic hydroxyl groups excluding tert-OH is 1. The van der Waals surface area contributed by atoms with Crippen molar-refractivity contribution >= 4 is 35.3 Å². The molecule has 1 aromatic carbocycles. The van der Waals surface area contributed by atoms with Crippen LogP contribution in [0.4, 0.5) is 4.79 Å². The number of fused-ring (bicyclic) bond motifs is 5. The summed E-state index contributed by atoms with van der Waals surface area (Å²) in [7, 11) is 7.29. The molecule has 3 saturated heterocycles. The summed E-state index contributed by atoms with van der Waals surface area (Å²) in [5.41, 5.74) is 2.43. The molecule has 6 rings (SSSR count). The van der Waals surface area contributed by atoms with Crippen molar-refractivity contribution in [1.29, 1.82) is 0 Å². The number of benzene rings is 1. The molecule has 1 aromatic rings. The van der Waals surface area contributed by atoms with E-state index in [9.17, 15) is 39.0 Å². The average Bonchev–Trinajstić information content (AvgIpc) is 3.83. The van der Waals surface area contributed by atoms with Gasteiger partial charge in [-0.3, -0.25) is 19.2 Å². The van der Waals surface area contributed by atoms with Gasteiger partial charge in [-0.25, -0.2) is 9.59 Å². The Morgan fingerprint density at radius 2 is 1.68 bits per heavy atom. The Balaban J connectivity index is 1.25. The van der Waals surface area contributed by atoms with Crippen molar-refractivity contribution in [2.24, 2.45) is 29.6 Å². The van der Waals surface area contributed by atoms with Gasteiger partial charge in [0.2, 0.25) is 5.79 Å². The minimum Gasteiger partial charge on any atom is -0.460 e. The zero-order valence-corrected chi connectivity index (χ0v) is 49.1. The van der Waals surface area contributed by atoms with Crippen LogP contribution in [0.25, 0.3) is 0 Å². The standard InChI is InChI=1S/C63H93N3O14/c1-41-21-14-11-10-12-15-22-42(2)56(68)58-57(69)48(40-77-58)36-43(3)51(67)39-54(44(4)35-47-27-29-52(55(37-47)75-9)79-62(73)65(8)32-20-31-64(6)7)78-61(72)50-25-18-19-33-66(50)60(71)59(70)63(74)45(5)26-28-49(80-63)38-53(41)76-34-30-46-23-16-13-17-24-46/h10-14,16-17,21,23-24,36,42-45,47,49-50,52-55,57-58,69,74H,15,18-20,22,25-35,37-40H2,1-9H3/b12-10+,14-11+,41-21+,48-36+/t42-,43-,44-,45-,47+,49+,50+,52-,53?,54+,55-,57-,58+,63-/m1/s1. The van der Waals surface area contributed by atoms with E-state index >= 15 is 0 Å². The maximum absolute atomic E-state index is 14.7. The Kier molecular flexibility index (Phi) is 24.9. The zero-order chi connectivity index (χ0) is 58.1. The number of hydrogen-bond acceptors (Lipinski definition) is 15. The van der Waals surface area contributed by atoms with E-state index in [1.54, 1.807) is 39.0 Å². The Hall–Kier alpha value is -4.88. The number of carbonyl (C=O) groups excluding carboxylic acids is 6. The minimum absolute atomic E-state index is 0.0253. The van der Waals surface area contributed by atoms with Crippen molar-refractivity contribution < 1.29 is 67.4 Å². The third-order valence-electron chi connectivity index (χ3n) is 17.2. The monoisotopic (exact) mass is 1120 g/mol. The minimum atomic E-state index is -2.47. The fraction of sp³-hybridized carbons (Fsp3) is 0.683. The number of piperidine rings is 1. The van der Waals surface area contributed by atoms with Crippen LogP contribution in [0.3, 0.4) is 0 Å². The number of Topliss-reactive ketones (excluding diaryl/α,β-unsaturated/α-hetero) is 3. The van der Waals surface area contributed by atoms with Gasteiger partial charge in [0, 0.05) is 57.8 Å². The number of methoxy groups -OCH3 is 1. The van der Waals surface area contributed by atoms with Crippen molar-refractivity contribution in [1.82, 2.24) is 14.7 Å². The van der Waals surface area contributed by atoms with Crippen molar-refractivity contribution in [3.05, 3.63) is 83.5 Å². The van der Waals surface area contributed by atoms with E-state index in [1.807, 2.05) is 95.6 Å². The van der Waals surface area contributed by atoms with Gasteiger partial charge in [-0.05, 0) is 140 Å². The Bertz CT molecular complexity index is 2350. The number of nitrogens with zero attached hydrogens (tertiary/aromatic N) is 3. The van der Waals surface area contributed by atoms with Crippen LogP contribution in [0.1, 0.15) is 130 Å². The largest absolute Gasteiger partial charge is 0.460 e. The maximum Gasteiger partial charge on any atom is 0.409 e.